The lowest BCUT2D eigenvalue weighted by Crippen LogP contribution is -2.42. The highest BCUT2D eigenvalue weighted by Crippen LogP contribution is 2.21. The molecule has 1 aliphatic rings. The molecule has 82 valence electrons. The van der Waals surface area contributed by atoms with Crippen molar-refractivity contribution in [1.82, 2.24) is 4.98 Å². The van der Waals surface area contributed by atoms with E-state index in [0.717, 1.165) is 25.3 Å². The van der Waals surface area contributed by atoms with E-state index < -0.39 is 0 Å². The van der Waals surface area contributed by atoms with Crippen LogP contribution in [0.15, 0.2) is 18.3 Å². The van der Waals surface area contributed by atoms with E-state index >= 15 is 0 Å². The molecule has 2 heterocycles. The van der Waals surface area contributed by atoms with Crippen LogP contribution in [0.25, 0.3) is 0 Å². The van der Waals surface area contributed by atoms with Gasteiger partial charge in [0.1, 0.15) is 5.82 Å². The van der Waals surface area contributed by atoms with Crippen LogP contribution in [0.2, 0.25) is 0 Å². The van der Waals surface area contributed by atoms with Gasteiger partial charge in [0.2, 0.25) is 0 Å². The van der Waals surface area contributed by atoms with Crippen molar-refractivity contribution in [3.8, 4) is 0 Å². The van der Waals surface area contributed by atoms with Crippen LogP contribution in [-0.2, 0) is 0 Å². The third-order valence-electron chi connectivity index (χ3n) is 2.95. The summed E-state index contributed by atoms with van der Waals surface area (Å²) in [6, 6.07) is 3.79. The summed E-state index contributed by atoms with van der Waals surface area (Å²) in [4.78, 5) is 6.47. The van der Waals surface area contributed by atoms with Crippen LogP contribution >= 0.6 is 0 Å². The van der Waals surface area contributed by atoms with E-state index in [-0.39, 0.29) is 6.10 Å². The van der Waals surface area contributed by atoms with Crippen molar-refractivity contribution in [2.75, 3.05) is 23.7 Å². The summed E-state index contributed by atoms with van der Waals surface area (Å²) in [5.74, 6) is 1.25. The van der Waals surface area contributed by atoms with Gasteiger partial charge < -0.3 is 15.7 Å². The van der Waals surface area contributed by atoms with Crippen molar-refractivity contribution < 1.29 is 5.11 Å². The van der Waals surface area contributed by atoms with Crippen molar-refractivity contribution in [3.05, 3.63) is 18.3 Å². The lowest BCUT2D eigenvalue weighted by Gasteiger charge is -2.35. The number of piperidine rings is 1. The molecule has 1 aliphatic heterocycles. The van der Waals surface area contributed by atoms with Gasteiger partial charge in [0.05, 0.1) is 18.0 Å². The Kier molecular flexibility index (Phi) is 2.77. The van der Waals surface area contributed by atoms with E-state index in [4.69, 9.17) is 5.73 Å². The second-order valence-electron chi connectivity index (χ2n) is 4.23. The zero-order chi connectivity index (χ0) is 10.8. The van der Waals surface area contributed by atoms with Gasteiger partial charge >= 0.3 is 0 Å². The van der Waals surface area contributed by atoms with Crippen LogP contribution in [0.5, 0.6) is 0 Å². The highest BCUT2D eigenvalue weighted by molar-refractivity contribution is 5.46. The minimum atomic E-state index is -0.171. The molecule has 1 saturated heterocycles. The van der Waals surface area contributed by atoms with Gasteiger partial charge in [-0.15, -0.1) is 0 Å². The van der Waals surface area contributed by atoms with E-state index in [1.807, 2.05) is 12.1 Å². The molecule has 1 aromatic rings. The fourth-order valence-electron chi connectivity index (χ4n) is 1.93. The van der Waals surface area contributed by atoms with Gasteiger partial charge in [0.15, 0.2) is 0 Å². The van der Waals surface area contributed by atoms with E-state index in [0.29, 0.717) is 11.6 Å². The lowest BCUT2D eigenvalue weighted by molar-refractivity contribution is 0.0969. The molecule has 4 nitrogen and oxygen atoms in total. The first kappa shape index (κ1) is 10.2. The summed E-state index contributed by atoms with van der Waals surface area (Å²) in [5, 5.41) is 9.62. The first-order valence-corrected chi connectivity index (χ1v) is 5.31. The fourth-order valence-corrected chi connectivity index (χ4v) is 1.93. The first-order chi connectivity index (χ1) is 7.16. The molecule has 1 fully saturated rings. The molecule has 15 heavy (non-hydrogen) atoms. The topological polar surface area (TPSA) is 62.4 Å². The van der Waals surface area contributed by atoms with Gasteiger partial charge in [-0.1, -0.05) is 6.92 Å². The molecule has 1 aromatic heterocycles. The van der Waals surface area contributed by atoms with Crippen LogP contribution in [0, 0.1) is 5.92 Å². The van der Waals surface area contributed by atoms with Gasteiger partial charge in [-0.25, -0.2) is 4.98 Å². The SMILES string of the molecule is CC1CN(c2ccc(N)cn2)CCC1O. The van der Waals surface area contributed by atoms with Gasteiger partial charge in [-0.3, -0.25) is 0 Å². The largest absolute Gasteiger partial charge is 0.397 e. The fraction of sp³-hybridized carbons (Fsp3) is 0.545. The molecule has 2 rings (SSSR count). The lowest BCUT2D eigenvalue weighted by atomic mass is 9.97. The minimum Gasteiger partial charge on any atom is -0.397 e. The maximum atomic E-state index is 9.62. The Hall–Kier alpha value is -1.29. The summed E-state index contributed by atoms with van der Waals surface area (Å²) >= 11 is 0. The third-order valence-corrected chi connectivity index (χ3v) is 2.95. The van der Waals surface area contributed by atoms with Gasteiger partial charge in [0, 0.05) is 13.1 Å². The molecule has 3 N–H and O–H groups in total. The Morgan fingerprint density at radius 1 is 1.53 bits per heavy atom. The Balaban J connectivity index is 2.08. The molecule has 0 aromatic carbocycles. The number of pyridine rings is 1. The van der Waals surface area contributed by atoms with Crippen LogP contribution in [0.1, 0.15) is 13.3 Å². The van der Waals surface area contributed by atoms with Crippen LogP contribution in [0.3, 0.4) is 0 Å². The number of nitrogens with zero attached hydrogens (tertiary/aromatic N) is 2. The number of aromatic nitrogens is 1. The molecular weight excluding hydrogens is 190 g/mol. The quantitative estimate of drug-likeness (QED) is 0.717. The molecule has 2 atom stereocenters. The Morgan fingerprint density at radius 2 is 2.33 bits per heavy atom. The molecular formula is C11H17N3O. The molecule has 0 amide bonds. The summed E-state index contributed by atoms with van der Waals surface area (Å²) in [7, 11) is 0. The van der Waals surface area contributed by atoms with Gasteiger partial charge in [0.25, 0.3) is 0 Å². The number of anilines is 2. The maximum absolute atomic E-state index is 9.62. The first-order valence-electron chi connectivity index (χ1n) is 5.31. The van der Waals surface area contributed by atoms with Crippen LogP contribution < -0.4 is 10.6 Å². The summed E-state index contributed by atoms with van der Waals surface area (Å²) in [6.45, 7) is 3.79. The molecule has 0 radical (unpaired) electrons. The molecule has 2 unspecified atom stereocenters. The van der Waals surface area contributed by atoms with Gasteiger partial charge in [-0.2, -0.15) is 0 Å². The Labute approximate surface area is 89.7 Å². The second-order valence-corrected chi connectivity index (χ2v) is 4.23. The standard InChI is InChI=1S/C11H17N3O/c1-8-7-14(5-4-10(8)15)11-3-2-9(12)6-13-11/h2-3,6,8,10,15H,4-5,7,12H2,1H3. The van der Waals surface area contributed by atoms with E-state index in [1.165, 1.54) is 0 Å². The number of rotatable bonds is 1. The smallest absolute Gasteiger partial charge is 0.128 e. The predicted molar refractivity (Wildman–Crippen MR) is 60.7 cm³/mol. The second kappa shape index (κ2) is 4.06. The number of hydrogen-bond donors (Lipinski definition) is 2. The zero-order valence-electron chi connectivity index (χ0n) is 8.93. The normalized spacial score (nSPS) is 26.7. The molecule has 0 aliphatic carbocycles. The van der Waals surface area contributed by atoms with Crippen molar-refractivity contribution >= 4 is 11.5 Å². The monoisotopic (exact) mass is 207 g/mol. The summed E-state index contributed by atoms with van der Waals surface area (Å²) in [6.07, 6.45) is 2.31. The minimum absolute atomic E-state index is 0.171. The molecule has 0 saturated carbocycles. The zero-order valence-corrected chi connectivity index (χ0v) is 8.93. The number of aliphatic hydroxyl groups is 1. The average Bonchev–Trinajstić information content (AvgIpc) is 2.23. The van der Waals surface area contributed by atoms with E-state index in [1.54, 1.807) is 6.20 Å². The van der Waals surface area contributed by atoms with Crippen molar-refractivity contribution in [2.45, 2.75) is 19.4 Å². The third kappa shape index (κ3) is 2.21. The summed E-state index contributed by atoms with van der Waals surface area (Å²) < 4.78 is 0. The van der Waals surface area contributed by atoms with E-state index in [9.17, 15) is 5.11 Å². The maximum Gasteiger partial charge on any atom is 0.128 e. The molecule has 4 heteroatoms. The summed E-state index contributed by atoms with van der Waals surface area (Å²) in [5.41, 5.74) is 6.27. The van der Waals surface area contributed by atoms with Crippen molar-refractivity contribution in [2.24, 2.45) is 5.92 Å². The predicted octanol–water partition coefficient (Wildman–Crippen LogP) is 0.871. The van der Waals surface area contributed by atoms with Gasteiger partial charge in [-0.05, 0) is 24.5 Å². The number of hydrogen-bond acceptors (Lipinski definition) is 4. The highest BCUT2D eigenvalue weighted by Gasteiger charge is 2.24. The number of nitrogens with two attached hydrogens (primary N) is 1. The van der Waals surface area contributed by atoms with E-state index in [2.05, 4.69) is 16.8 Å². The van der Waals surface area contributed by atoms with Crippen molar-refractivity contribution in [3.63, 3.8) is 0 Å². The van der Waals surface area contributed by atoms with Crippen LogP contribution in [-0.4, -0.2) is 29.3 Å². The Morgan fingerprint density at radius 3 is 2.93 bits per heavy atom. The number of nitrogen functional groups attached to an aromatic ring is 1. The van der Waals surface area contributed by atoms with Crippen LogP contribution in [0.4, 0.5) is 11.5 Å². The highest BCUT2D eigenvalue weighted by atomic mass is 16.3. The molecule has 0 spiro atoms. The Bertz CT molecular complexity index is 325. The molecule has 0 bridgehead atoms. The average molecular weight is 207 g/mol. The van der Waals surface area contributed by atoms with Crippen molar-refractivity contribution in [1.29, 1.82) is 0 Å². The number of aliphatic hydroxyl groups excluding tert-OH is 1.